The number of carboxylic acids is 1. The van der Waals surface area contributed by atoms with E-state index in [4.69, 9.17) is 32.2 Å². The number of carboxylic acid groups (broad SMARTS) is 1. The minimum absolute atomic E-state index is 0.0799. The van der Waals surface area contributed by atoms with E-state index >= 15 is 0 Å². The van der Waals surface area contributed by atoms with Gasteiger partial charge in [0, 0.05) is 18.7 Å². The third kappa shape index (κ3) is 13.7. The number of nitrogens with two attached hydrogens (primary N) is 3. The van der Waals surface area contributed by atoms with Crippen LogP contribution < -0.4 is 22.5 Å². The molecule has 0 saturated carbocycles. The zero-order chi connectivity index (χ0) is 38.7. The first-order chi connectivity index (χ1) is 24.3. The molecular formula is C32H49N9O10. The second-order valence-electron chi connectivity index (χ2n) is 10.2. The van der Waals surface area contributed by atoms with Crippen LogP contribution in [0, 0.1) is 12.0 Å². The van der Waals surface area contributed by atoms with Gasteiger partial charge in [-0.3, -0.25) is 14.4 Å². The number of nitrogen functional groups attached to an aromatic ring is 1. The number of ether oxygens (including phenoxy) is 2. The molecule has 3 aromatic rings. The molecule has 2 aliphatic heterocycles. The van der Waals surface area contributed by atoms with Gasteiger partial charge < -0.3 is 67.4 Å². The summed E-state index contributed by atoms with van der Waals surface area (Å²) in [6.45, 7) is 8.02. The number of aliphatic hydroxyl groups is 4. The van der Waals surface area contributed by atoms with Crippen molar-refractivity contribution in [3.8, 4) is 12.0 Å². The first-order valence-corrected chi connectivity index (χ1v) is 16.0. The van der Waals surface area contributed by atoms with Crippen LogP contribution in [0.1, 0.15) is 55.5 Å². The summed E-state index contributed by atoms with van der Waals surface area (Å²) < 4.78 is 10.5. The van der Waals surface area contributed by atoms with Gasteiger partial charge in [0.2, 0.25) is 11.8 Å². The maximum atomic E-state index is 11.5. The number of hydrogen-bond donors (Lipinski definition) is 10. The van der Waals surface area contributed by atoms with Crippen LogP contribution in [0.2, 0.25) is 0 Å². The number of primary amides is 1. The molecule has 5 rings (SSSR count). The summed E-state index contributed by atoms with van der Waals surface area (Å²) in [6, 6.07) is 8.87. The Balaban J connectivity index is 0.000000634. The van der Waals surface area contributed by atoms with E-state index in [9.17, 15) is 29.7 Å². The molecule has 0 radical (unpaired) electrons. The van der Waals surface area contributed by atoms with Gasteiger partial charge in [0.15, 0.2) is 17.3 Å². The van der Waals surface area contributed by atoms with Gasteiger partial charge in [0.1, 0.15) is 55.0 Å². The van der Waals surface area contributed by atoms with E-state index < -0.39 is 55.0 Å². The lowest BCUT2D eigenvalue weighted by Gasteiger charge is -2.21. The summed E-state index contributed by atoms with van der Waals surface area (Å²) in [4.78, 5) is 48.8. The number of hydrogen-bond acceptors (Lipinski definition) is 15. The molecule has 1 aromatic carbocycles. The molecule has 51 heavy (non-hydrogen) atoms. The van der Waals surface area contributed by atoms with Crippen molar-refractivity contribution >= 4 is 34.8 Å². The molecule has 2 fully saturated rings. The molecule has 19 nitrogen and oxygen atoms in total. The Bertz CT molecular complexity index is 1580. The Labute approximate surface area is 295 Å². The summed E-state index contributed by atoms with van der Waals surface area (Å²) in [5.74, 6) is 1.14. The van der Waals surface area contributed by atoms with Crippen molar-refractivity contribution in [2.45, 2.75) is 64.3 Å². The molecule has 2 amide bonds. The van der Waals surface area contributed by atoms with Crippen LogP contribution in [0.15, 0.2) is 30.6 Å². The molecule has 2 saturated heterocycles. The number of aromatic nitrogens is 4. The lowest BCUT2D eigenvalue weighted by Crippen LogP contribution is -2.40. The van der Waals surface area contributed by atoms with Crippen molar-refractivity contribution < 1.29 is 49.4 Å². The number of likely N-dealkylation sites (N-methyl/N-ethyl adjacent to an activating group) is 1. The average Bonchev–Trinajstić information content (AvgIpc) is 3.82. The number of H-pyrrole nitrogens is 1. The SMILES string of the molecule is CC.CC.CNC(=O)CN.NC(=O)c1cccc(C2OC(CN(C#Cc3nc4ncnc(N)c4[nH]3)CC(=O)O)C(O)C2O)c1.OC1COCC1O. The van der Waals surface area contributed by atoms with Gasteiger partial charge in [0.25, 0.3) is 0 Å². The third-order valence-electron chi connectivity index (χ3n) is 6.72. The van der Waals surface area contributed by atoms with Gasteiger partial charge in [0.05, 0.1) is 26.3 Å². The van der Waals surface area contributed by atoms with Crippen LogP contribution in [0.25, 0.3) is 11.2 Å². The number of aliphatic hydroxyl groups excluding tert-OH is 4. The number of aliphatic carboxylic acids is 1. The van der Waals surface area contributed by atoms with E-state index in [0.29, 0.717) is 16.7 Å². The molecule has 0 bridgehead atoms. The number of carbonyl (C=O) groups excluding carboxylic acids is 2. The fourth-order valence-corrected chi connectivity index (χ4v) is 4.25. The Morgan fingerprint density at radius 3 is 2.20 bits per heavy atom. The van der Waals surface area contributed by atoms with Gasteiger partial charge in [-0.2, -0.15) is 0 Å². The smallest absolute Gasteiger partial charge is 0.323 e. The number of carbonyl (C=O) groups is 3. The highest BCUT2D eigenvalue weighted by atomic mass is 16.5. The van der Waals surface area contributed by atoms with Crippen LogP contribution in [0.5, 0.6) is 0 Å². The van der Waals surface area contributed by atoms with E-state index in [1.165, 1.54) is 23.4 Å². The minimum Gasteiger partial charge on any atom is -0.480 e. The lowest BCUT2D eigenvalue weighted by atomic mass is 9.99. The van der Waals surface area contributed by atoms with Gasteiger partial charge in [-0.25, -0.2) is 15.0 Å². The van der Waals surface area contributed by atoms with Gasteiger partial charge in [-0.05, 0) is 23.6 Å². The standard InChI is InChI=1S/C21H21N7O6.C4H8O3.C3H8N2O.2C2H6/c22-19-15-21(25-9-24-19)27-13(26-15)4-5-28(8-14(29)30)7-12-16(31)17(32)18(34-12)10-2-1-3-11(6-10)20(23)33;5-3-1-7-2-4(3)6;1-5-3(6)2-4;2*1-2/h1-3,6,9,12,16-18,31-32H,7-8H2,(H2,23,33)(H,29,30)(H3,22,24,25,26,27);3-6H,1-2H2;2,4H2,1H3,(H,5,6);2*1-2H3. The zero-order valence-electron chi connectivity index (χ0n) is 29.2. The molecule has 282 valence electrons. The van der Waals surface area contributed by atoms with E-state index in [-0.39, 0.29) is 49.4 Å². The largest absolute Gasteiger partial charge is 0.480 e. The number of amides is 2. The number of anilines is 1. The van der Waals surface area contributed by atoms with Crippen LogP contribution in [0.3, 0.4) is 0 Å². The summed E-state index contributed by atoms with van der Waals surface area (Å²) in [6.07, 6.45) is -4.61. The second kappa shape index (κ2) is 22.7. The summed E-state index contributed by atoms with van der Waals surface area (Å²) in [7, 11) is 1.55. The van der Waals surface area contributed by atoms with Crippen molar-refractivity contribution in [2.75, 3.05) is 45.6 Å². The number of rotatable bonds is 7. The number of fused-ring (bicyclic) bond motifs is 1. The van der Waals surface area contributed by atoms with Crippen molar-refractivity contribution in [3.05, 3.63) is 47.5 Å². The molecule has 6 unspecified atom stereocenters. The van der Waals surface area contributed by atoms with Gasteiger partial charge in [-0.1, -0.05) is 39.8 Å². The Morgan fingerprint density at radius 2 is 1.71 bits per heavy atom. The van der Waals surface area contributed by atoms with Gasteiger partial charge in [-0.15, -0.1) is 0 Å². The molecule has 6 atom stereocenters. The summed E-state index contributed by atoms with van der Waals surface area (Å²) >= 11 is 0. The van der Waals surface area contributed by atoms with Gasteiger partial charge >= 0.3 is 5.97 Å². The molecule has 0 spiro atoms. The molecule has 13 N–H and O–H groups in total. The highest BCUT2D eigenvalue weighted by Gasteiger charge is 2.44. The number of benzene rings is 1. The normalized spacial score (nSPS) is 21.4. The Kier molecular flexibility index (Phi) is 19.6. The first-order valence-electron chi connectivity index (χ1n) is 16.0. The Hall–Kier alpha value is -4.94. The summed E-state index contributed by atoms with van der Waals surface area (Å²) in [5, 5.41) is 49.9. The molecule has 2 aromatic heterocycles. The first kappa shape index (κ1) is 44.1. The van der Waals surface area contributed by atoms with E-state index in [0.717, 1.165) is 0 Å². The van der Waals surface area contributed by atoms with Crippen molar-refractivity contribution in [1.82, 2.24) is 30.2 Å². The highest BCUT2D eigenvalue weighted by molar-refractivity contribution is 5.92. The monoisotopic (exact) mass is 719 g/mol. The minimum atomic E-state index is -1.33. The molecule has 0 aliphatic carbocycles. The molecular weight excluding hydrogens is 670 g/mol. The number of nitrogens with zero attached hydrogens (tertiary/aromatic N) is 4. The Morgan fingerprint density at radius 1 is 1.06 bits per heavy atom. The molecule has 2 aliphatic rings. The van der Waals surface area contributed by atoms with E-state index in [1.807, 2.05) is 27.7 Å². The lowest BCUT2D eigenvalue weighted by molar-refractivity contribution is -0.138. The van der Waals surface area contributed by atoms with E-state index in [1.54, 1.807) is 19.2 Å². The third-order valence-corrected chi connectivity index (χ3v) is 6.72. The molecule has 4 heterocycles. The van der Waals surface area contributed by atoms with Crippen LogP contribution >= 0.6 is 0 Å². The number of imidazole rings is 1. The zero-order valence-corrected chi connectivity index (χ0v) is 29.2. The van der Waals surface area contributed by atoms with Crippen molar-refractivity contribution in [1.29, 1.82) is 0 Å². The molecule has 19 heteroatoms. The quantitative estimate of drug-likeness (QED) is 0.0939. The van der Waals surface area contributed by atoms with Crippen LogP contribution in [0.4, 0.5) is 5.82 Å². The van der Waals surface area contributed by atoms with Crippen LogP contribution in [-0.2, 0) is 19.1 Å². The van der Waals surface area contributed by atoms with Crippen molar-refractivity contribution in [3.63, 3.8) is 0 Å². The average molecular weight is 720 g/mol. The van der Waals surface area contributed by atoms with E-state index in [2.05, 4.69) is 42.0 Å². The fraction of sp³-hybridized carbons (Fsp3) is 0.500. The predicted octanol–water partition coefficient (Wildman–Crippen LogP) is -1.93. The number of nitrogens with one attached hydrogen (secondary N) is 2. The summed E-state index contributed by atoms with van der Waals surface area (Å²) in [5.41, 5.74) is 17.3. The van der Waals surface area contributed by atoms with Crippen molar-refractivity contribution in [2.24, 2.45) is 11.5 Å². The highest BCUT2D eigenvalue weighted by Crippen LogP contribution is 2.34. The maximum absolute atomic E-state index is 11.5. The number of aromatic amines is 1. The predicted molar refractivity (Wildman–Crippen MR) is 185 cm³/mol. The van der Waals surface area contributed by atoms with Crippen LogP contribution in [-0.4, -0.2) is 139 Å². The topological polar surface area (TPSA) is 319 Å². The second-order valence-corrected chi connectivity index (χ2v) is 10.2. The fourth-order valence-electron chi connectivity index (χ4n) is 4.25. The maximum Gasteiger partial charge on any atom is 0.323 e.